The first-order valence-corrected chi connectivity index (χ1v) is 14.8. The van der Waals surface area contributed by atoms with Gasteiger partial charge in [-0.1, -0.05) is 19.9 Å². The molecule has 0 radical (unpaired) electrons. The molecule has 1 N–H and O–H groups in total. The van der Waals surface area contributed by atoms with Crippen LogP contribution in [0.15, 0.2) is 36.4 Å². The van der Waals surface area contributed by atoms with Crippen LogP contribution < -0.4 is 9.47 Å². The molecule has 0 atom stereocenters. The molecule has 2 heterocycles. The molecule has 0 spiro atoms. The zero-order valence-corrected chi connectivity index (χ0v) is 25.8. The molecule has 0 unspecified atom stereocenters. The summed E-state index contributed by atoms with van der Waals surface area (Å²) >= 11 is 0. The maximum absolute atomic E-state index is 13.0. The number of hydrogen-bond donors (Lipinski definition) is 1. The molecule has 222 valence electrons. The Balaban J connectivity index is 1.46. The molecule has 1 saturated heterocycles. The van der Waals surface area contributed by atoms with E-state index in [1.807, 2.05) is 42.8 Å². The first-order valence-electron chi connectivity index (χ1n) is 14.8. The van der Waals surface area contributed by atoms with Gasteiger partial charge < -0.3 is 24.3 Å². The van der Waals surface area contributed by atoms with Gasteiger partial charge in [0.15, 0.2) is 11.5 Å². The first kappa shape index (κ1) is 30.4. The number of H-pyrrole nitrogens is 1. The fourth-order valence-electron chi connectivity index (χ4n) is 6.06. The smallest absolute Gasteiger partial charge is 0.236 e. The molecule has 0 aliphatic carbocycles. The maximum Gasteiger partial charge on any atom is 0.236 e. The van der Waals surface area contributed by atoms with Gasteiger partial charge in [-0.15, -0.1) is 0 Å². The monoisotopic (exact) mass is 562 g/mol. The predicted molar refractivity (Wildman–Crippen MR) is 165 cm³/mol. The molecule has 2 aromatic carbocycles. The number of fused-ring (bicyclic) bond motifs is 1. The van der Waals surface area contributed by atoms with E-state index in [1.54, 1.807) is 19.1 Å². The summed E-state index contributed by atoms with van der Waals surface area (Å²) in [6, 6.07) is 12.8. The van der Waals surface area contributed by atoms with E-state index in [-0.39, 0.29) is 24.9 Å². The van der Waals surface area contributed by atoms with Gasteiger partial charge in [-0.25, -0.2) is 0 Å². The summed E-state index contributed by atoms with van der Waals surface area (Å²) < 4.78 is 11.0. The van der Waals surface area contributed by atoms with Gasteiger partial charge in [0.05, 0.1) is 33.0 Å². The summed E-state index contributed by atoms with van der Waals surface area (Å²) in [5, 5.41) is 1.25. The predicted octanol–water partition coefficient (Wildman–Crippen LogP) is 5.48. The maximum atomic E-state index is 13.0. The lowest BCUT2D eigenvalue weighted by atomic mass is 9.87. The number of nitrogens with zero attached hydrogens (tertiary/aromatic N) is 3. The summed E-state index contributed by atoms with van der Waals surface area (Å²) in [7, 11) is 5.16. The van der Waals surface area contributed by atoms with Crippen molar-refractivity contribution in [2.75, 3.05) is 60.5 Å². The number of ether oxygens (including phenoxy) is 2. The van der Waals surface area contributed by atoms with Crippen LogP contribution >= 0.6 is 0 Å². The number of methoxy groups -OCH3 is 2. The van der Waals surface area contributed by atoms with E-state index in [1.165, 1.54) is 16.5 Å². The molecule has 0 saturated carbocycles. The molecule has 1 aliphatic rings. The van der Waals surface area contributed by atoms with E-state index < -0.39 is 0 Å². The van der Waals surface area contributed by atoms with Crippen LogP contribution in [0.4, 0.5) is 0 Å². The van der Waals surface area contributed by atoms with E-state index in [9.17, 15) is 9.59 Å². The van der Waals surface area contributed by atoms with E-state index in [2.05, 4.69) is 43.1 Å². The number of benzene rings is 2. The van der Waals surface area contributed by atoms with Gasteiger partial charge in [0.1, 0.15) is 0 Å². The minimum Gasteiger partial charge on any atom is -0.493 e. The second-order valence-corrected chi connectivity index (χ2v) is 11.3. The van der Waals surface area contributed by atoms with Gasteiger partial charge in [0.2, 0.25) is 11.8 Å². The van der Waals surface area contributed by atoms with Crippen molar-refractivity contribution in [2.45, 2.75) is 52.4 Å². The van der Waals surface area contributed by atoms with Crippen LogP contribution in [0.5, 0.6) is 11.5 Å². The van der Waals surface area contributed by atoms with Gasteiger partial charge in [-0.3, -0.25) is 14.5 Å². The minimum atomic E-state index is 0.0687. The van der Waals surface area contributed by atoms with Gasteiger partial charge >= 0.3 is 0 Å². The van der Waals surface area contributed by atoms with Gasteiger partial charge in [0.25, 0.3) is 0 Å². The minimum absolute atomic E-state index is 0.0687. The topological polar surface area (TPSA) is 78.1 Å². The quantitative estimate of drug-likeness (QED) is 0.335. The van der Waals surface area contributed by atoms with E-state index in [0.29, 0.717) is 36.4 Å². The standard InChI is InChI=1S/C33H46N4O4/c1-8-36(9-2)30(38)20-35(5)21-31(39)37-16-14-23(15-17-37)24-10-12-27-26(18-24)32(22(3)4)33(34-27)25-11-13-28(40-6)29(19-25)41-7/h10-13,18-19,22-23,34H,8-9,14-17,20-21H2,1-7H3. The third kappa shape index (κ3) is 6.70. The number of piperidine rings is 1. The second-order valence-electron chi connectivity index (χ2n) is 11.3. The fourth-order valence-corrected chi connectivity index (χ4v) is 6.06. The highest BCUT2D eigenvalue weighted by molar-refractivity contribution is 5.92. The van der Waals surface area contributed by atoms with Crippen molar-refractivity contribution < 1.29 is 19.1 Å². The number of nitrogens with one attached hydrogen (secondary N) is 1. The number of amides is 2. The lowest BCUT2D eigenvalue weighted by Crippen LogP contribution is -2.45. The molecule has 0 bridgehead atoms. The number of carbonyl (C=O) groups excluding carboxylic acids is 2. The highest BCUT2D eigenvalue weighted by Crippen LogP contribution is 2.40. The Morgan fingerprint density at radius 1 is 0.976 bits per heavy atom. The van der Waals surface area contributed by atoms with E-state index >= 15 is 0 Å². The first-order chi connectivity index (χ1) is 19.7. The number of likely N-dealkylation sites (N-methyl/N-ethyl adjacent to an activating group) is 2. The second kappa shape index (κ2) is 13.4. The van der Waals surface area contributed by atoms with Crippen molar-refractivity contribution in [3.05, 3.63) is 47.5 Å². The van der Waals surface area contributed by atoms with Crippen molar-refractivity contribution in [1.82, 2.24) is 19.7 Å². The zero-order valence-electron chi connectivity index (χ0n) is 25.8. The van der Waals surface area contributed by atoms with Crippen molar-refractivity contribution in [3.63, 3.8) is 0 Å². The van der Waals surface area contributed by atoms with Crippen molar-refractivity contribution in [1.29, 1.82) is 0 Å². The van der Waals surface area contributed by atoms with Gasteiger partial charge in [0, 0.05) is 42.6 Å². The number of likely N-dealkylation sites (tertiary alicyclic amines) is 1. The number of rotatable bonds is 11. The van der Waals surface area contributed by atoms with Crippen LogP contribution in [0.3, 0.4) is 0 Å². The molecule has 41 heavy (non-hydrogen) atoms. The summed E-state index contributed by atoms with van der Waals surface area (Å²) in [5.41, 5.74) is 5.92. The van der Waals surface area contributed by atoms with Crippen LogP contribution in [-0.2, 0) is 9.59 Å². The van der Waals surface area contributed by atoms with Crippen molar-refractivity contribution in [2.24, 2.45) is 0 Å². The van der Waals surface area contributed by atoms with Gasteiger partial charge in [-0.2, -0.15) is 0 Å². The Morgan fingerprint density at radius 2 is 1.66 bits per heavy atom. The van der Waals surface area contributed by atoms with E-state index in [0.717, 1.165) is 42.7 Å². The SMILES string of the molecule is CCN(CC)C(=O)CN(C)CC(=O)N1CCC(c2ccc3[nH]c(-c4ccc(OC)c(OC)c4)c(C(C)C)c3c2)CC1. The molecule has 4 rings (SSSR count). The molecular weight excluding hydrogens is 516 g/mol. The van der Waals surface area contributed by atoms with Crippen LogP contribution in [0.25, 0.3) is 22.2 Å². The highest BCUT2D eigenvalue weighted by atomic mass is 16.5. The molecule has 1 aromatic heterocycles. The lowest BCUT2D eigenvalue weighted by molar-refractivity contribution is -0.135. The third-order valence-electron chi connectivity index (χ3n) is 8.36. The summed E-state index contributed by atoms with van der Waals surface area (Å²) in [6.45, 7) is 11.8. The highest BCUT2D eigenvalue weighted by Gasteiger charge is 2.26. The van der Waals surface area contributed by atoms with Crippen molar-refractivity contribution in [3.8, 4) is 22.8 Å². The largest absolute Gasteiger partial charge is 0.493 e. The lowest BCUT2D eigenvalue weighted by Gasteiger charge is -2.33. The number of aromatic nitrogens is 1. The molecule has 8 nitrogen and oxygen atoms in total. The fraction of sp³-hybridized carbons (Fsp3) is 0.515. The Morgan fingerprint density at radius 3 is 2.27 bits per heavy atom. The zero-order chi connectivity index (χ0) is 29.7. The summed E-state index contributed by atoms with van der Waals surface area (Å²) in [5.74, 6) is 2.32. The summed E-state index contributed by atoms with van der Waals surface area (Å²) in [6.07, 6.45) is 1.87. The number of aromatic amines is 1. The average Bonchev–Trinajstić information content (AvgIpc) is 3.36. The molecule has 1 fully saturated rings. The van der Waals surface area contributed by atoms with Crippen LogP contribution in [0, 0.1) is 0 Å². The Kier molecular flexibility index (Phi) is 9.97. The number of hydrogen-bond acceptors (Lipinski definition) is 5. The Bertz CT molecular complexity index is 1350. The normalized spacial score (nSPS) is 14.2. The van der Waals surface area contributed by atoms with E-state index in [4.69, 9.17) is 9.47 Å². The Hall–Kier alpha value is -3.52. The molecular formula is C33H46N4O4. The molecule has 1 aliphatic heterocycles. The number of carbonyl (C=O) groups is 2. The van der Waals surface area contributed by atoms with Crippen molar-refractivity contribution >= 4 is 22.7 Å². The molecule has 3 aromatic rings. The third-order valence-corrected chi connectivity index (χ3v) is 8.36. The molecule has 2 amide bonds. The average molecular weight is 563 g/mol. The van der Waals surface area contributed by atoms with Crippen LogP contribution in [0.2, 0.25) is 0 Å². The molecule has 8 heteroatoms. The van der Waals surface area contributed by atoms with Gasteiger partial charge in [-0.05, 0) is 87.0 Å². The summed E-state index contributed by atoms with van der Waals surface area (Å²) in [4.78, 5) is 34.7. The van der Waals surface area contributed by atoms with Crippen LogP contribution in [0.1, 0.15) is 63.5 Å². The van der Waals surface area contributed by atoms with Crippen LogP contribution in [-0.4, -0.2) is 92.0 Å². The Labute approximate surface area is 244 Å².